The van der Waals surface area contributed by atoms with Gasteiger partial charge in [0.25, 0.3) is 5.91 Å². The van der Waals surface area contributed by atoms with Crippen molar-refractivity contribution in [1.29, 1.82) is 0 Å². The molecule has 0 bridgehead atoms. The first-order valence-corrected chi connectivity index (χ1v) is 8.83. The Bertz CT molecular complexity index is 747. The van der Waals surface area contributed by atoms with Crippen LogP contribution in [0.1, 0.15) is 28.8 Å². The number of carbonyl (C=O) groups is 2. The number of hydrogen-bond acceptors (Lipinski definition) is 4. The molecule has 1 fully saturated rings. The zero-order valence-corrected chi connectivity index (χ0v) is 15.2. The van der Waals surface area contributed by atoms with Crippen LogP contribution >= 0.6 is 0 Å². The summed E-state index contributed by atoms with van der Waals surface area (Å²) in [5.74, 6) is -0.0518. The van der Waals surface area contributed by atoms with Gasteiger partial charge in [-0.05, 0) is 49.7 Å². The largest absolute Gasteiger partial charge is 0.350 e. The number of nitrogens with one attached hydrogen (secondary N) is 2. The van der Waals surface area contributed by atoms with E-state index in [4.69, 9.17) is 0 Å². The van der Waals surface area contributed by atoms with Gasteiger partial charge in [0.2, 0.25) is 5.91 Å². The van der Waals surface area contributed by atoms with Gasteiger partial charge in [0.05, 0.1) is 0 Å². The van der Waals surface area contributed by atoms with Crippen molar-refractivity contribution in [3.8, 4) is 0 Å². The van der Waals surface area contributed by atoms with E-state index in [1.807, 2.05) is 24.4 Å². The predicted molar refractivity (Wildman–Crippen MR) is 98.6 cm³/mol. The Labute approximate surface area is 153 Å². The Hall–Kier alpha value is -2.67. The fraction of sp³-hybridized carbons (Fsp3) is 0.421. The van der Waals surface area contributed by atoms with E-state index in [1.165, 1.54) is 0 Å². The number of benzene rings is 1. The van der Waals surface area contributed by atoms with Gasteiger partial charge in [0.1, 0.15) is 5.54 Å². The van der Waals surface area contributed by atoms with Gasteiger partial charge in [-0.3, -0.25) is 14.3 Å². The van der Waals surface area contributed by atoms with Crippen molar-refractivity contribution in [2.24, 2.45) is 0 Å². The Morgan fingerprint density at radius 2 is 1.92 bits per heavy atom. The maximum atomic E-state index is 13.0. The van der Waals surface area contributed by atoms with E-state index >= 15 is 0 Å². The summed E-state index contributed by atoms with van der Waals surface area (Å²) in [6.07, 6.45) is 4.97. The minimum absolute atomic E-state index is 0.0175. The van der Waals surface area contributed by atoms with Gasteiger partial charge in [-0.1, -0.05) is 12.1 Å². The molecule has 0 aliphatic carbocycles. The molecule has 138 valence electrons. The average Bonchev–Trinajstić information content (AvgIpc) is 3.21. The van der Waals surface area contributed by atoms with Gasteiger partial charge >= 0.3 is 0 Å². The Kier molecular flexibility index (Phi) is 5.37. The van der Waals surface area contributed by atoms with Crippen LogP contribution in [-0.2, 0) is 16.9 Å². The molecular formula is C19H25N5O2. The predicted octanol–water partition coefficient (Wildman–Crippen LogP) is 0.980. The molecule has 1 aromatic heterocycles. The molecule has 2 aromatic rings. The molecule has 2 amide bonds. The van der Waals surface area contributed by atoms with Crippen LogP contribution in [0.5, 0.6) is 0 Å². The number of aromatic nitrogens is 2. The molecular weight excluding hydrogens is 330 g/mol. The zero-order chi connectivity index (χ0) is 18.6. The van der Waals surface area contributed by atoms with Gasteiger partial charge in [0.15, 0.2) is 0 Å². The molecule has 1 aliphatic heterocycles. The van der Waals surface area contributed by atoms with Crippen LogP contribution < -0.4 is 10.6 Å². The first kappa shape index (κ1) is 18.1. The van der Waals surface area contributed by atoms with E-state index in [0.29, 0.717) is 24.9 Å². The highest BCUT2D eigenvalue weighted by Gasteiger charge is 2.41. The van der Waals surface area contributed by atoms with E-state index in [0.717, 1.165) is 18.7 Å². The topological polar surface area (TPSA) is 79.3 Å². The van der Waals surface area contributed by atoms with Crippen molar-refractivity contribution in [3.05, 3.63) is 53.9 Å². The van der Waals surface area contributed by atoms with E-state index in [1.54, 1.807) is 42.0 Å². The molecule has 2 heterocycles. The van der Waals surface area contributed by atoms with Crippen LogP contribution in [-0.4, -0.2) is 53.7 Å². The monoisotopic (exact) mass is 355 g/mol. The Morgan fingerprint density at radius 1 is 1.23 bits per heavy atom. The van der Waals surface area contributed by atoms with Crippen LogP contribution in [0.2, 0.25) is 0 Å². The fourth-order valence-corrected chi connectivity index (χ4v) is 3.29. The molecule has 2 N–H and O–H groups in total. The molecule has 1 aliphatic rings. The van der Waals surface area contributed by atoms with E-state index in [9.17, 15) is 9.59 Å². The molecule has 0 atom stereocenters. The van der Waals surface area contributed by atoms with Gasteiger partial charge in [-0.25, -0.2) is 0 Å². The van der Waals surface area contributed by atoms with Crippen LogP contribution in [0, 0.1) is 0 Å². The maximum Gasteiger partial charge on any atom is 0.253 e. The van der Waals surface area contributed by atoms with Crippen molar-refractivity contribution in [2.45, 2.75) is 24.9 Å². The summed E-state index contributed by atoms with van der Waals surface area (Å²) in [4.78, 5) is 26.5. The van der Waals surface area contributed by atoms with E-state index < -0.39 is 5.54 Å². The number of rotatable bonds is 5. The Morgan fingerprint density at radius 3 is 2.50 bits per heavy atom. The summed E-state index contributed by atoms with van der Waals surface area (Å²) >= 11 is 0. The lowest BCUT2D eigenvalue weighted by Gasteiger charge is -2.36. The van der Waals surface area contributed by atoms with Crippen molar-refractivity contribution >= 4 is 11.8 Å². The number of amides is 2. The van der Waals surface area contributed by atoms with Crippen LogP contribution in [0.15, 0.2) is 42.7 Å². The minimum Gasteiger partial charge on any atom is -0.350 e. The molecule has 0 saturated carbocycles. The second-order valence-electron chi connectivity index (χ2n) is 6.81. The molecule has 3 rings (SSSR count). The minimum atomic E-state index is -0.643. The summed E-state index contributed by atoms with van der Waals surface area (Å²) in [6, 6.07) is 9.17. The molecule has 0 spiro atoms. The standard InChI is InChI=1S/C19H25N5O2/c1-23(2)17(25)16-6-4-15(5-7-16)14-21-18(26)19(8-11-20-12-9-19)24-13-3-10-22-24/h3-7,10,13,20H,8-9,11-12,14H2,1-2H3,(H,21,26). The number of carbonyl (C=O) groups excluding carboxylic acids is 2. The summed E-state index contributed by atoms with van der Waals surface area (Å²) < 4.78 is 1.78. The highest BCUT2D eigenvalue weighted by Crippen LogP contribution is 2.27. The van der Waals surface area contributed by atoms with Gasteiger partial charge in [0, 0.05) is 38.6 Å². The third-order valence-corrected chi connectivity index (χ3v) is 4.86. The van der Waals surface area contributed by atoms with Gasteiger partial charge < -0.3 is 15.5 Å². The van der Waals surface area contributed by atoms with E-state index in [-0.39, 0.29) is 11.8 Å². The van der Waals surface area contributed by atoms with E-state index in [2.05, 4.69) is 15.7 Å². The van der Waals surface area contributed by atoms with Crippen molar-refractivity contribution in [3.63, 3.8) is 0 Å². The highest BCUT2D eigenvalue weighted by molar-refractivity contribution is 5.93. The maximum absolute atomic E-state index is 13.0. The zero-order valence-electron chi connectivity index (χ0n) is 15.2. The molecule has 26 heavy (non-hydrogen) atoms. The summed E-state index contributed by atoms with van der Waals surface area (Å²) in [5.41, 5.74) is 0.949. The SMILES string of the molecule is CN(C)C(=O)c1ccc(CNC(=O)C2(n3cccn3)CCNCC2)cc1. The highest BCUT2D eigenvalue weighted by atomic mass is 16.2. The van der Waals surface area contributed by atoms with Crippen LogP contribution in [0.25, 0.3) is 0 Å². The van der Waals surface area contributed by atoms with Gasteiger partial charge in [-0.2, -0.15) is 5.10 Å². The summed E-state index contributed by atoms with van der Waals surface area (Å²) in [7, 11) is 3.45. The van der Waals surface area contributed by atoms with Crippen molar-refractivity contribution in [1.82, 2.24) is 25.3 Å². The second-order valence-corrected chi connectivity index (χ2v) is 6.81. The third-order valence-electron chi connectivity index (χ3n) is 4.86. The molecule has 1 saturated heterocycles. The smallest absolute Gasteiger partial charge is 0.253 e. The quantitative estimate of drug-likeness (QED) is 0.838. The first-order valence-electron chi connectivity index (χ1n) is 8.83. The Balaban J connectivity index is 1.68. The third kappa shape index (κ3) is 3.62. The molecule has 0 unspecified atom stereocenters. The van der Waals surface area contributed by atoms with Crippen LogP contribution in [0.3, 0.4) is 0 Å². The lowest BCUT2D eigenvalue weighted by Crippen LogP contribution is -2.54. The number of hydrogen-bond donors (Lipinski definition) is 2. The number of nitrogens with zero attached hydrogens (tertiary/aromatic N) is 3. The second kappa shape index (κ2) is 7.70. The lowest BCUT2D eigenvalue weighted by atomic mass is 9.87. The molecule has 0 radical (unpaired) electrons. The van der Waals surface area contributed by atoms with Crippen molar-refractivity contribution in [2.75, 3.05) is 27.2 Å². The average molecular weight is 355 g/mol. The summed E-state index contributed by atoms with van der Waals surface area (Å²) in [6.45, 7) is 2.00. The summed E-state index contributed by atoms with van der Waals surface area (Å²) in [5, 5.41) is 10.7. The normalized spacial score (nSPS) is 16.1. The van der Waals surface area contributed by atoms with Gasteiger partial charge in [-0.15, -0.1) is 0 Å². The van der Waals surface area contributed by atoms with Crippen LogP contribution in [0.4, 0.5) is 0 Å². The van der Waals surface area contributed by atoms with Crippen molar-refractivity contribution < 1.29 is 9.59 Å². The molecule has 7 heteroatoms. The fourth-order valence-electron chi connectivity index (χ4n) is 3.29. The number of piperidine rings is 1. The molecule has 1 aromatic carbocycles. The first-order chi connectivity index (χ1) is 12.5. The molecule has 7 nitrogen and oxygen atoms in total. The lowest BCUT2D eigenvalue weighted by molar-refractivity contribution is -0.132.